The monoisotopic (exact) mass is 316 g/mol. The van der Waals surface area contributed by atoms with E-state index in [-0.39, 0.29) is 11.9 Å². The van der Waals surface area contributed by atoms with Gasteiger partial charge in [0.2, 0.25) is 5.91 Å². The number of hydrogen-bond acceptors (Lipinski definition) is 2. The quantitative estimate of drug-likeness (QED) is 0.802. The lowest BCUT2D eigenvalue weighted by Gasteiger charge is -2.30. The number of nitrogens with zero attached hydrogens (tertiary/aromatic N) is 1. The van der Waals surface area contributed by atoms with Gasteiger partial charge in [-0.2, -0.15) is 0 Å². The van der Waals surface area contributed by atoms with Gasteiger partial charge in [-0.05, 0) is 53.6 Å². The second-order valence-electron chi connectivity index (χ2n) is 3.72. The molecule has 4 heteroatoms. The van der Waals surface area contributed by atoms with Crippen LogP contribution in [0.25, 0.3) is 0 Å². The van der Waals surface area contributed by atoms with Crippen LogP contribution in [0, 0.1) is 3.57 Å². The van der Waals surface area contributed by atoms with E-state index in [1.54, 1.807) is 4.90 Å². The van der Waals surface area contributed by atoms with Crippen LogP contribution in [0.1, 0.15) is 12.8 Å². The average molecular weight is 316 g/mol. The number of rotatable bonds is 1. The molecule has 1 aliphatic heterocycles. The van der Waals surface area contributed by atoms with Gasteiger partial charge in [-0.25, -0.2) is 0 Å². The standard InChI is InChI=1S/C11H13IN2O/c12-8-3-1-4-9(7-8)14-6-2-5-10(13)11(14)15/h1,3-4,7,10H,2,5-6,13H2. The van der Waals surface area contributed by atoms with E-state index in [0.717, 1.165) is 28.6 Å². The summed E-state index contributed by atoms with van der Waals surface area (Å²) >= 11 is 2.24. The number of amides is 1. The van der Waals surface area contributed by atoms with Crippen LogP contribution in [0.15, 0.2) is 24.3 Å². The van der Waals surface area contributed by atoms with Crippen molar-refractivity contribution in [2.75, 3.05) is 11.4 Å². The van der Waals surface area contributed by atoms with Crippen molar-refractivity contribution in [3.63, 3.8) is 0 Å². The summed E-state index contributed by atoms with van der Waals surface area (Å²) < 4.78 is 1.14. The number of carbonyl (C=O) groups excluding carboxylic acids is 1. The fourth-order valence-electron chi connectivity index (χ4n) is 1.80. The molecule has 2 N–H and O–H groups in total. The van der Waals surface area contributed by atoms with Crippen LogP contribution in [-0.2, 0) is 4.79 Å². The first-order valence-corrected chi connectivity index (χ1v) is 6.09. The van der Waals surface area contributed by atoms with Crippen LogP contribution in [0.3, 0.4) is 0 Å². The van der Waals surface area contributed by atoms with Crippen LogP contribution in [-0.4, -0.2) is 18.5 Å². The summed E-state index contributed by atoms with van der Waals surface area (Å²) in [7, 11) is 0. The molecule has 1 heterocycles. The van der Waals surface area contributed by atoms with Crippen LogP contribution in [0.5, 0.6) is 0 Å². The molecule has 0 saturated carbocycles. The maximum absolute atomic E-state index is 11.8. The lowest BCUT2D eigenvalue weighted by Crippen LogP contribution is -2.48. The first-order valence-electron chi connectivity index (χ1n) is 5.01. The zero-order chi connectivity index (χ0) is 10.8. The summed E-state index contributed by atoms with van der Waals surface area (Å²) in [6.07, 6.45) is 1.79. The highest BCUT2D eigenvalue weighted by Gasteiger charge is 2.26. The summed E-state index contributed by atoms with van der Waals surface area (Å²) in [6, 6.07) is 7.62. The van der Waals surface area contributed by atoms with E-state index >= 15 is 0 Å². The molecule has 15 heavy (non-hydrogen) atoms. The van der Waals surface area contributed by atoms with Crippen molar-refractivity contribution in [2.24, 2.45) is 5.73 Å². The zero-order valence-corrected chi connectivity index (χ0v) is 10.5. The van der Waals surface area contributed by atoms with Gasteiger partial charge >= 0.3 is 0 Å². The van der Waals surface area contributed by atoms with E-state index in [0.29, 0.717) is 0 Å². The predicted octanol–water partition coefficient (Wildman–Crippen LogP) is 1.75. The first kappa shape index (κ1) is 10.9. The highest BCUT2D eigenvalue weighted by Crippen LogP contribution is 2.22. The predicted molar refractivity (Wildman–Crippen MR) is 68.7 cm³/mol. The highest BCUT2D eigenvalue weighted by atomic mass is 127. The molecule has 0 radical (unpaired) electrons. The van der Waals surface area contributed by atoms with Gasteiger partial charge < -0.3 is 10.6 Å². The first-order chi connectivity index (χ1) is 7.18. The Morgan fingerprint density at radius 2 is 2.27 bits per heavy atom. The van der Waals surface area contributed by atoms with Gasteiger partial charge in [0.1, 0.15) is 0 Å². The van der Waals surface area contributed by atoms with E-state index in [1.807, 2.05) is 24.3 Å². The number of piperidine rings is 1. The van der Waals surface area contributed by atoms with E-state index in [2.05, 4.69) is 22.6 Å². The van der Waals surface area contributed by atoms with E-state index in [4.69, 9.17) is 5.73 Å². The van der Waals surface area contributed by atoms with Crippen LogP contribution in [0.4, 0.5) is 5.69 Å². The number of halogens is 1. The van der Waals surface area contributed by atoms with Gasteiger partial charge in [-0.1, -0.05) is 6.07 Å². The number of nitrogens with two attached hydrogens (primary N) is 1. The van der Waals surface area contributed by atoms with Gasteiger partial charge in [0.05, 0.1) is 6.04 Å². The van der Waals surface area contributed by atoms with Crippen molar-refractivity contribution >= 4 is 34.2 Å². The average Bonchev–Trinajstić information content (AvgIpc) is 2.22. The maximum Gasteiger partial charge on any atom is 0.243 e. The molecule has 0 spiro atoms. The van der Waals surface area contributed by atoms with Gasteiger partial charge in [0.25, 0.3) is 0 Å². The van der Waals surface area contributed by atoms with Crippen molar-refractivity contribution in [2.45, 2.75) is 18.9 Å². The van der Waals surface area contributed by atoms with Crippen LogP contribution < -0.4 is 10.6 Å². The third-order valence-corrected chi connectivity index (χ3v) is 3.27. The van der Waals surface area contributed by atoms with Crippen molar-refractivity contribution in [3.05, 3.63) is 27.8 Å². The molecule has 2 rings (SSSR count). The van der Waals surface area contributed by atoms with Gasteiger partial charge in [-0.15, -0.1) is 0 Å². The largest absolute Gasteiger partial charge is 0.320 e. The molecule has 0 aliphatic carbocycles. The molecule has 1 aliphatic rings. The van der Waals surface area contributed by atoms with Gasteiger partial charge in [-0.3, -0.25) is 4.79 Å². The van der Waals surface area contributed by atoms with Crippen molar-refractivity contribution in [1.29, 1.82) is 0 Å². The summed E-state index contributed by atoms with van der Waals surface area (Å²) in [4.78, 5) is 13.6. The molecule has 1 saturated heterocycles. The molecule has 3 nitrogen and oxygen atoms in total. The normalized spacial score (nSPS) is 21.9. The summed E-state index contributed by atoms with van der Waals surface area (Å²) in [5.74, 6) is 0.0447. The van der Waals surface area contributed by atoms with Gasteiger partial charge in [0, 0.05) is 15.8 Å². The van der Waals surface area contributed by atoms with E-state index < -0.39 is 0 Å². The SMILES string of the molecule is NC1CCCN(c2cccc(I)c2)C1=O. The minimum Gasteiger partial charge on any atom is -0.320 e. The Morgan fingerprint density at radius 1 is 1.47 bits per heavy atom. The van der Waals surface area contributed by atoms with Gasteiger partial charge in [0.15, 0.2) is 0 Å². The number of anilines is 1. The van der Waals surface area contributed by atoms with E-state index in [1.165, 1.54) is 0 Å². The third kappa shape index (κ3) is 2.31. The Morgan fingerprint density at radius 3 is 3.00 bits per heavy atom. The molecule has 0 bridgehead atoms. The lowest BCUT2D eigenvalue weighted by molar-refractivity contribution is -0.120. The molecule has 1 aromatic carbocycles. The summed E-state index contributed by atoms with van der Waals surface area (Å²) in [5, 5.41) is 0. The topological polar surface area (TPSA) is 46.3 Å². The van der Waals surface area contributed by atoms with Crippen LogP contribution >= 0.6 is 22.6 Å². The van der Waals surface area contributed by atoms with Crippen molar-refractivity contribution < 1.29 is 4.79 Å². The van der Waals surface area contributed by atoms with Crippen molar-refractivity contribution in [1.82, 2.24) is 0 Å². The van der Waals surface area contributed by atoms with Crippen LogP contribution in [0.2, 0.25) is 0 Å². The Bertz CT molecular complexity index is 381. The van der Waals surface area contributed by atoms with E-state index in [9.17, 15) is 4.79 Å². The molecule has 1 unspecified atom stereocenters. The molecule has 1 aromatic rings. The highest BCUT2D eigenvalue weighted by molar-refractivity contribution is 14.1. The molecular formula is C11H13IN2O. The minimum atomic E-state index is -0.323. The zero-order valence-electron chi connectivity index (χ0n) is 8.32. The molecule has 1 fully saturated rings. The third-order valence-electron chi connectivity index (χ3n) is 2.60. The number of carbonyl (C=O) groups is 1. The molecule has 1 atom stereocenters. The number of hydrogen-bond donors (Lipinski definition) is 1. The lowest BCUT2D eigenvalue weighted by atomic mass is 10.1. The fraction of sp³-hybridized carbons (Fsp3) is 0.364. The smallest absolute Gasteiger partial charge is 0.243 e. The second-order valence-corrected chi connectivity index (χ2v) is 4.96. The Labute approximate surface area is 103 Å². The fourth-order valence-corrected chi connectivity index (χ4v) is 2.33. The molecule has 0 aromatic heterocycles. The molecule has 80 valence electrons. The Balaban J connectivity index is 2.26. The number of benzene rings is 1. The van der Waals surface area contributed by atoms with Crippen molar-refractivity contribution in [3.8, 4) is 0 Å². The maximum atomic E-state index is 11.8. The molecule has 1 amide bonds. The second kappa shape index (κ2) is 4.49. The summed E-state index contributed by atoms with van der Waals surface area (Å²) in [6.45, 7) is 0.784. The molecular weight excluding hydrogens is 303 g/mol. The minimum absolute atomic E-state index is 0.0447. The summed E-state index contributed by atoms with van der Waals surface area (Å²) in [5.41, 5.74) is 6.71. The Kier molecular flexibility index (Phi) is 3.25. The Hall–Kier alpha value is -0.620.